The molecule has 1 amide bonds. The van der Waals surface area contributed by atoms with Crippen LogP contribution in [0.15, 0.2) is 59.5 Å². The molecule has 0 saturated carbocycles. The number of carbonyl (C=O) groups is 1. The summed E-state index contributed by atoms with van der Waals surface area (Å²) in [5, 5.41) is 18.4. The first kappa shape index (κ1) is 22.0. The summed E-state index contributed by atoms with van der Waals surface area (Å²) in [6, 6.07) is 14.0. The molecule has 34 heavy (non-hydrogen) atoms. The van der Waals surface area contributed by atoms with E-state index in [-0.39, 0.29) is 43.6 Å². The summed E-state index contributed by atoms with van der Waals surface area (Å²) in [4.78, 5) is 32.3. The summed E-state index contributed by atoms with van der Waals surface area (Å²) < 4.78 is 15.9. The van der Waals surface area contributed by atoms with Crippen LogP contribution < -0.4 is 5.56 Å². The van der Waals surface area contributed by atoms with E-state index >= 15 is 0 Å². The molecular formula is C25H24FN5O3. The Kier molecular flexibility index (Phi) is 5.49. The van der Waals surface area contributed by atoms with Crippen LogP contribution in [0.25, 0.3) is 22.4 Å². The number of hydrogen-bond donors (Lipinski definition) is 2. The van der Waals surface area contributed by atoms with Crippen molar-refractivity contribution in [2.75, 3.05) is 13.1 Å². The van der Waals surface area contributed by atoms with Crippen molar-refractivity contribution in [3.05, 3.63) is 82.0 Å². The Bertz CT molecular complexity index is 1420. The highest BCUT2D eigenvalue weighted by Crippen LogP contribution is 2.28. The lowest BCUT2D eigenvalue weighted by molar-refractivity contribution is -0.0296. The largest absolute Gasteiger partial charge is 0.388 e. The number of halogens is 1. The van der Waals surface area contributed by atoms with E-state index in [1.807, 2.05) is 30.3 Å². The molecular weight excluding hydrogens is 437 g/mol. The van der Waals surface area contributed by atoms with Gasteiger partial charge in [-0.25, -0.2) is 9.37 Å². The third kappa shape index (κ3) is 3.88. The molecule has 0 aliphatic carbocycles. The number of rotatable bonds is 4. The molecule has 0 spiro atoms. The second kappa shape index (κ2) is 8.49. The van der Waals surface area contributed by atoms with E-state index in [0.717, 1.165) is 5.56 Å². The number of fused-ring (bicyclic) bond motifs is 1. The van der Waals surface area contributed by atoms with Gasteiger partial charge >= 0.3 is 0 Å². The molecule has 4 aromatic rings. The van der Waals surface area contributed by atoms with Gasteiger partial charge in [0.1, 0.15) is 17.0 Å². The van der Waals surface area contributed by atoms with Crippen LogP contribution >= 0.6 is 0 Å². The summed E-state index contributed by atoms with van der Waals surface area (Å²) in [7, 11) is 0. The molecule has 0 bridgehead atoms. The number of aryl methyl sites for hydroxylation is 1. The van der Waals surface area contributed by atoms with Gasteiger partial charge in [0.05, 0.1) is 23.9 Å². The van der Waals surface area contributed by atoms with E-state index in [2.05, 4.69) is 15.2 Å². The van der Waals surface area contributed by atoms with Crippen molar-refractivity contribution >= 4 is 16.9 Å². The highest BCUT2D eigenvalue weighted by Gasteiger charge is 2.36. The van der Waals surface area contributed by atoms with Crippen molar-refractivity contribution in [2.24, 2.45) is 0 Å². The average Bonchev–Trinajstić information content (AvgIpc) is 3.32. The lowest BCUT2D eigenvalue weighted by atomic mass is 9.90. The number of piperidine rings is 1. The van der Waals surface area contributed by atoms with Gasteiger partial charge in [-0.15, -0.1) is 0 Å². The maximum Gasteiger partial charge on any atom is 0.265 e. The maximum atomic E-state index is 14.4. The molecule has 2 N–H and O–H groups in total. The Labute approximate surface area is 194 Å². The Hall–Kier alpha value is -3.85. The first-order valence-corrected chi connectivity index (χ1v) is 11.1. The van der Waals surface area contributed by atoms with E-state index in [0.29, 0.717) is 22.4 Å². The molecule has 8 nitrogen and oxygen atoms in total. The molecule has 0 atom stereocenters. The number of aromatic nitrogens is 4. The van der Waals surface area contributed by atoms with Crippen LogP contribution in [-0.4, -0.2) is 54.4 Å². The molecule has 0 unspecified atom stereocenters. The van der Waals surface area contributed by atoms with Gasteiger partial charge in [0.2, 0.25) is 0 Å². The number of aromatic amines is 1. The molecule has 1 aliphatic rings. The summed E-state index contributed by atoms with van der Waals surface area (Å²) in [5.74, 6) is -0.491. The Balaban J connectivity index is 1.42. The topological polar surface area (TPSA) is 104 Å². The van der Waals surface area contributed by atoms with Gasteiger partial charge in [-0.1, -0.05) is 42.5 Å². The average molecular weight is 461 g/mol. The SMILES string of the molecule is Cc1cccc(C(=O)N2CCC(O)(Cn3c(-c4ccccc4)nc4[nH]ncc4c3=O)CC2)c1F. The van der Waals surface area contributed by atoms with Crippen LogP contribution in [0.3, 0.4) is 0 Å². The number of nitrogens with one attached hydrogen (secondary N) is 1. The molecule has 5 rings (SSSR count). The van der Waals surface area contributed by atoms with Crippen molar-refractivity contribution in [3.63, 3.8) is 0 Å². The number of nitrogens with zero attached hydrogens (tertiary/aromatic N) is 4. The standard InChI is InChI=1S/C25H24FN5O3/c1-16-6-5-9-18(20(16)26)23(32)30-12-10-25(34,11-13-30)15-31-22(17-7-3-2-4-8-17)28-21-19(24(31)33)14-27-29-21/h2-9,14,34H,10-13,15H2,1H3,(H,27,29). The first-order valence-electron chi connectivity index (χ1n) is 11.1. The van der Waals surface area contributed by atoms with Crippen molar-refractivity contribution in [1.82, 2.24) is 24.6 Å². The highest BCUT2D eigenvalue weighted by atomic mass is 19.1. The second-order valence-corrected chi connectivity index (χ2v) is 8.78. The maximum absolute atomic E-state index is 14.4. The summed E-state index contributed by atoms with van der Waals surface area (Å²) in [6.45, 7) is 2.14. The lowest BCUT2D eigenvalue weighted by Crippen LogP contribution is -2.50. The Morgan fingerprint density at radius 2 is 1.88 bits per heavy atom. The molecule has 3 heterocycles. The fraction of sp³-hybridized carbons (Fsp3) is 0.280. The number of hydrogen-bond acceptors (Lipinski definition) is 5. The van der Waals surface area contributed by atoms with Gasteiger partial charge in [0, 0.05) is 18.7 Å². The van der Waals surface area contributed by atoms with Crippen molar-refractivity contribution in [3.8, 4) is 11.4 Å². The molecule has 0 radical (unpaired) electrons. The quantitative estimate of drug-likeness (QED) is 0.486. The van der Waals surface area contributed by atoms with E-state index < -0.39 is 17.3 Å². The molecule has 2 aromatic carbocycles. The molecule has 1 fully saturated rings. The third-order valence-corrected chi connectivity index (χ3v) is 6.46. The normalized spacial score (nSPS) is 15.6. The van der Waals surface area contributed by atoms with Gasteiger partial charge in [-0.3, -0.25) is 19.3 Å². The van der Waals surface area contributed by atoms with Gasteiger partial charge in [-0.05, 0) is 31.4 Å². The summed E-state index contributed by atoms with van der Waals surface area (Å²) in [5.41, 5.74) is 0.0345. The number of H-pyrrole nitrogens is 1. The summed E-state index contributed by atoms with van der Waals surface area (Å²) in [6.07, 6.45) is 1.92. The minimum Gasteiger partial charge on any atom is -0.388 e. The van der Waals surface area contributed by atoms with E-state index in [9.17, 15) is 19.1 Å². The number of carbonyl (C=O) groups excluding carboxylic acids is 1. The van der Waals surface area contributed by atoms with Crippen molar-refractivity contribution < 1.29 is 14.3 Å². The van der Waals surface area contributed by atoms with Crippen LogP contribution in [0.4, 0.5) is 4.39 Å². The lowest BCUT2D eigenvalue weighted by Gasteiger charge is -2.38. The molecule has 9 heteroatoms. The van der Waals surface area contributed by atoms with Crippen molar-refractivity contribution in [1.29, 1.82) is 0 Å². The zero-order valence-corrected chi connectivity index (χ0v) is 18.7. The van der Waals surface area contributed by atoms with Crippen LogP contribution in [0.2, 0.25) is 0 Å². The number of amides is 1. The monoisotopic (exact) mass is 461 g/mol. The fourth-order valence-electron chi connectivity index (χ4n) is 4.44. The van der Waals surface area contributed by atoms with Crippen LogP contribution in [0, 0.1) is 12.7 Å². The summed E-state index contributed by atoms with van der Waals surface area (Å²) >= 11 is 0. The third-order valence-electron chi connectivity index (χ3n) is 6.46. The van der Waals surface area contributed by atoms with Crippen molar-refractivity contribution in [2.45, 2.75) is 31.9 Å². The zero-order valence-electron chi connectivity index (χ0n) is 18.7. The number of likely N-dealkylation sites (tertiary alicyclic amines) is 1. The predicted molar refractivity (Wildman–Crippen MR) is 125 cm³/mol. The number of benzene rings is 2. The second-order valence-electron chi connectivity index (χ2n) is 8.78. The number of aliphatic hydroxyl groups is 1. The van der Waals surface area contributed by atoms with Gasteiger partial charge in [-0.2, -0.15) is 5.10 Å². The van der Waals surface area contributed by atoms with E-state index in [1.54, 1.807) is 24.0 Å². The first-order chi connectivity index (χ1) is 16.4. The van der Waals surface area contributed by atoms with Crippen LogP contribution in [0.1, 0.15) is 28.8 Å². The molecule has 2 aromatic heterocycles. The molecule has 1 saturated heterocycles. The van der Waals surface area contributed by atoms with Gasteiger partial charge in [0.15, 0.2) is 5.65 Å². The van der Waals surface area contributed by atoms with E-state index in [4.69, 9.17) is 0 Å². The minimum absolute atomic E-state index is 0.0189. The highest BCUT2D eigenvalue weighted by molar-refractivity contribution is 5.94. The smallest absolute Gasteiger partial charge is 0.265 e. The van der Waals surface area contributed by atoms with E-state index in [1.165, 1.54) is 16.8 Å². The molecule has 174 valence electrons. The van der Waals surface area contributed by atoms with Crippen LogP contribution in [0.5, 0.6) is 0 Å². The predicted octanol–water partition coefficient (Wildman–Crippen LogP) is 2.90. The minimum atomic E-state index is -1.23. The zero-order chi connectivity index (χ0) is 23.9. The Morgan fingerprint density at radius 1 is 1.15 bits per heavy atom. The van der Waals surface area contributed by atoms with Crippen LogP contribution in [-0.2, 0) is 6.54 Å². The van der Waals surface area contributed by atoms with Gasteiger partial charge < -0.3 is 10.0 Å². The van der Waals surface area contributed by atoms with Gasteiger partial charge in [0.25, 0.3) is 11.5 Å². The Morgan fingerprint density at radius 3 is 2.62 bits per heavy atom. The molecule has 1 aliphatic heterocycles. The fourth-order valence-corrected chi connectivity index (χ4v) is 4.44.